The number of amides is 1. The topological polar surface area (TPSA) is 66.2 Å². The highest BCUT2D eigenvalue weighted by Gasteiger charge is 2.33. The Morgan fingerprint density at radius 2 is 1.97 bits per heavy atom. The molecule has 146 valence electrons. The Hall–Kier alpha value is -3.17. The van der Waals surface area contributed by atoms with E-state index in [0.717, 1.165) is 32.4 Å². The summed E-state index contributed by atoms with van der Waals surface area (Å²) in [4.78, 5) is 20.7. The molecule has 0 radical (unpaired) electrons. The van der Waals surface area contributed by atoms with Crippen molar-refractivity contribution in [2.24, 2.45) is 0 Å². The Labute approximate surface area is 174 Å². The Kier molecular flexibility index (Phi) is 5.08. The number of nitriles is 1. The minimum atomic E-state index is -0.491. The van der Waals surface area contributed by atoms with Gasteiger partial charge in [0.25, 0.3) is 5.91 Å². The van der Waals surface area contributed by atoms with Gasteiger partial charge in [0.15, 0.2) is 6.10 Å². The second-order valence-corrected chi connectivity index (χ2v) is 8.48. The molecule has 0 spiro atoms. The number of ether oxygens (including phenoxy) is 1. The number of hydrogen-bond acceptors (Lipinski definition) is 5. The Morgan fingerprint density at radius 3 is 2.59 bits per heavy atom. The van der Waals surface area contributed by atoms with E-state index in [9.17, 15) is 4.79 Å². The van der Waals surface area contributed by atoms with Crippen molar-refractivity contribution in [1.82, 2.24) is 4.98 Å². The van der Waals surface area contributed by atoms with Crippen molar-refractivity contribution in [1.29, 1.82) is 5.26 Å². The molecule has 29 heavy (non-hydrogen) atoms. The molecule has 1 unspecified atom stereocenters. The molecule has 0 saturated carbocycles. The van der Waals surface area contributed by atoms with Crippen LogP contribution in [-0.4, -0.2) is 17.0 Å². The average molecular weight is 404 g/mol. The number of carbonyl (C=O) groups is 1. The summed E-state index contributed by atoms with van der Waals surface area (Å²) in [6, 6.07) is 15.4. The molecule has 6 heteroatoms. The van der Waals surface area contributed by atoms with Gasteiger partial charge in [0, 0.05) is 10.4 Å². The number of benzene rings is 2. The van der Waals surface area contributed by atoms with Crippen molar-refractivity contribution in [2.45, 2.75) is 39.8 Å². The molecule has 3 aromatic rings. The van der Waals surface area contributed by atoms with Crippen LogP contribution in [0.2, 0.25) is 0 Å². The van der Waals surface area contributed by atoms with Crippen LogP contribution in [0, 0.1) is 25.2 Å². The van der Waals surface area contributed by atoms with Crippen LogP contribution in [0.15, 0.2) is 42.5 Å². The SMILES string of the molecule is CCC1Oc2ccc(-c3nc(C)sc3C)cc2N(Cc2ccc(C#N)cc2)C1=O. The number of nitrogens with zero attached hydrogens (tertiary/aromatic N) is 3. The van der Waals surface area contributed by atoms with Crippen molar-refractivity contribution < 1.29 is 9.53 Å². The summed E-state index contributed by atoms with van der Waals surface area (Å²) in [5, 5.41) is 10.0. The lowest BCUT2D eigenvalue weighted by Crippen LogP contribution is -2.45. The zero-order valence-corrected chi connectivity index (χ0v) is 17.4. The van der Waals surface area contributed by atoms with Gasteiger partial charge in [0.2, 0.25) is 0 Å². The molecule has 0 bridgehead atoms. The van der Waals surface area contributed by atoms with E-state index >= 15 is 0 Å². The molecule has 4 rings (SSSR count). The highest BCUT2D eigenvalue weighted by molar-refractivity contribution is 7.11. The molecule has 1 atom stereocenters. The minimum Gasteiger partial charge on any atom is -0.478 e. The third-order valence-electron chi connectivity index (χ3n) is 5.03. The molecular weight excluding hydrogens is 382 g/mol. The number of rotatable bonds is 4. The first kappa shape index (κ1) is 19.2. The van der Waals surface area contributed by atoms with Gasteiger partial charge in [-0.1, -0.05) is 19.1 Å². The minimum absolute atomic E-state index is 0.0484. The normalized spacial score (nSPS) is 15.6. The largest absolute Gasteiger partial charge is 0.478 e. The predicted octanol–water partition coefficient (Wildman–Crippen LogP) is 5.00. The number of anilines is 1. The van der Waals surface area contributed by atoms with Crippen LogP contribution in [0.5, 0.6) is 5.75 Å². The average Bonchev–Trinajstić information content (AvgIpc) is 3.08. The molecule has 5 nitrogen and oxygen atoms in total. The monoisotopic (exact) mass is 403 g/mol. The zero-order valence-electron chi connectivity index (χ0n) is 16.6. The van der Waals surface area contributed by atoms with E-state index in [0.29, 0.717) is 24.3 Å². The first-order valence-corrected chi connectivity index (χ1v) is 10.4. The summed E-state index contributed by atoms with van der Waals surface area (Å²) < 4.78 is 5.97. The molecule has 1 amide bonds. The fourth-order valence-electron chi connectivity index (χ4n) is 3.56. The van der Waals surface area contributed by atoms with Crippen LogP contribution in [0.3, 0.4) is 0 Å². The third-order valence-corrected chi connectivity index (χ3v) is 5.92. The third kappa shape index (κ3) is 3.62. The molecule has 2 aromatic carbocycles. The molecule has 0 saturated heterocycles. The maximum atomic E-state index is 13.1. The number of carbonyl (C=O) groups excluding carboxylic acids is 1. The van der Waals surface area contributed by atoms with E-state index in [1.165, 1.54) is 0 Å². The lowest BCUT2D eigenvalue weighted by Gasteiger charge is -2.34. The van der Waals surface area contributed by atoms with E-state index in [-0.39, 0.29) is 5.91 Å². The number of aromatic nitrogens is 1. The summed E-state index contributed by atoms with van der Waals surface area (Å²) >= 11 is 1.66. The van der Waals surface area contributed by atoms with Crippen molar-refractivity contribution in [3.8, 4) is 23.1 Å². The van der Waals surface area contributed by atoms with Gasteiger partial charge < -0.3 is 9.64 Å². The van der Waals surface area contributed by atoms with Gasteiger partial charge in [-0.25, -0.2) is 4.98 Å². The maximum absolute atomic E-state index is 13.1. The highest BCUT2D eigenvalue weighted by atomic mass is 32.1. The number of thiazole rings is 1. The summed E-state index contributed by atoms with van der Waals surface area (Å²) in [6.45, 7) is 6.43. The molecule has 1 aromatic heterocycles. The van der Waals surface area contributed by atoms with Crippen LogP contribution in [0.4, 0.5) is 5.69 Å². The first-order chi connectivity index (χ1) is 14.0. The lowest BCUT2D eigenvalue weighted by molar-refractivity contribution is -0.126. The van der Waals surface area contributed by atoms with Crippen LogP contribution < -0.4 is 9.64 Å². The van der Waals surface area contributed by atoms with Gasteiger partial charge in [0.05, 0.1) is 34.6 Å². The van der Waals surface area contributed by atoms with Gasteiger partial charge in [0.1, 0.15) is 5.75 Å². The second-order valence-electron chi connectivity index (χ2n) is 7.07. The van der Waals surface area contributed by atoms with E-state index in [1.54, 1.807) is 28.4 Å². The van der Waals surface area contributed by atoms with E-state index < -0.39 is 6.10 Å². The second kappa shape index (κ2) is 7.69. The maximum Gasteiger partial charge on any atom is 0.268 e. The van der Waals surface area contributed by atoms with Gasteiger partial charge in [-0.2, -0.15) is 5.26 Å². The molecule has 2 heterocycles. The van der Waals surface area contributed by atoms with Gasteiger partial charge >= 0.3 is 0 Å². The molecule has 0 aliphatic carbocycles. The standard InChI is InChI=1S/C23H21N3O2S/c1-4-20-23(27)26(13-17-7-5-16(12-24)6-8-17)19-11-18(9-10-21(19)28-20)22-14(2)29-15(3)25-22/h5-11,20H,4,13H2,1-3H3. The fourth-order valence-corrected chi connectivity index (χ4v) is 4.40. The Bertz CT molecular complexity index is 1110. The predicted molar refractivity (Wildman–Crippen MR) is 114 cm³/mol. The summed E-state index contributed by atoms with van der Waals surface area (Å²) in [6.07, 6.45) is 0.115. The van der Waals surface area contributed by atoms with Crippen molar-refractivity contribution in [3.05, 3.63) is 63.5 Å². The van der Waals surface area contributed by atoms with Gasteiger partial charge in [-0.15, -0.1) is 11.3 Å². The smallest absolute Gasteiger partial charge is 0.268 e. The van der Waals surface area contributed by atoms with Crippen molar-refractivity contribution >= 4 is 22.9 Å². The molecule has 1 aliphatic heterocycles. The molecule has 0 fully saturated rings. The first-order valence-electron chi connectivity index (χ1n) is 9.55. The molecular formula is C23H21N3O2S. The Morgan fingerprint density at radius 1 is 1.21 bits per heavy atom. The molecule has 1 aliphatic rings. The highest BCUT2D eigenvalue weighted by Crippen LogP contribution is 2.40. The Balaban J connectivity index is 1.76. The molecule has 0 N–H and O–H groups in total. The fraction of sp³-hybridized carbons (Fsp3) is 0.261. The van der Waals surface area contributed by atoms with Gasteiger partial charge in [-0.05, 0) is 56.2 Å². The summed E-state index contributed by atoms with van der Waals surface area (Å²) in [5.41, 5.74) is 4.24. The van der Waals surface area contributed by atoms with Crippen LogP contribution >= 0.6 is 11.3 Å². The van der Waals surface area contributed by atoms with Gasteiger partial charge in [-0.3, -0.25) is 4.79 Å². The summed E-state index contributed by atoms with van der Waals surface area (Å²) in [5.74, 6) is 0.658. The van der Waals surface area contributed by atoms with Crippen molar-refractivity contribution in [3.63, 3.8) is 0 Å². The van der Waals surface area contributed by atoms with Crippen LogP contribution in [0.1, 0.15) is 34.4 Å². The summed E-state index contributed by atoms with van der Waals surface area (Å²) in [7, 11) is 0. The van der Waals surface area contributed by atoms with E-state index in [1.807, 2.05) is 44.2 Å². The van der Waals surface area contributed by atoms with Crippen LogP contribution in [0.25, 0.3) is 11.3 Å². The quantitative estimate of drug-likeness (QED) is 0.615. The van der Waals surface area contributed by atoms with Crippen LogP contribution in [-0.2, 0) is 11.3 Å². The lowest BCUT2D eigenvalue weighted by atomic mass is 10.0. The zero-order chi connectivity index (χ0) is 20.5. The van der Waals surface area contributed by atoms with E-state index in [4.69, 9.17) is 10.00 Å². The number of hydrogen-bond donors (Lipinski definition) is 0. The van der Waals surface area contributed by atoms with E-state index in [2.05, 4.69) is 18.0 Å². The number of aryl methyl sites for hydroxylation is 2. The number of fused-ring (bicyclic) bond motifs is 1. The van der Waals surface area contributed by atoms with Crippen molar-refractivity contribution in [2.75, 3.05) is 4.90 Å².